The molecule has 0 amide bonds. The summed E-state index contributed by atoms with van der Waals surface area (Å²) < 4.78 is 60.4. The van der Waals surface area contributed by atoms with Gasteiger partial charge in [0.25, 0.3) is 0 Å². The Balaban J connectivity index is 0. The molecule has 0 N–H and O–H groups in total. The van der Waals surface area contributed by atoms with Gasteiger partial charge in [0.15, 0.2) is 0 Å². The normalized spacial score (nSPS) is 16.5. The van der Waals surface area contributed by atoms with Gasteiger partial charge in [-0.1, -0.05) is 44.2 Å². The maximum atomic E-state index is 9.87. The van der Waals surface area contributed by atoms with Gasteiger partial charge in [-0.3, -0.25) is 0 Å². The number of allylic oxidation sites excluding steroid dienone is 4. The molecule has 1 aliphatic carbocycles. The second-order valence-electron chi connectivity index (χ2n) is 4.75. The van der Waals surface area contributed by atoms with Gasteiger partial charge in [0.05, 0.1) is 0 Å². The van der Waals surface area contributed by atoms with E-state index in [1.54, 1.807) is 0 Å². The molecule has 1 aliphatic rings. The zero-order valence-electron chi connectivity index (χ0n) is 13.0. The number of hydrogen-bond acceptors (Lipinski definition) is 0. The van der Waals surface area contributed by atoms with Crippen LogP contribution in [0.5, 0.6) is 0 Å². The summed E-state index contributed by atoms with van der Waals surface area (Å²) in [5, 5.41) is 0. The zero-order chi connectivity index (χ0) is 17.5. The SMILES string of the molecule is CC(C)c1ccccc1.F[P-](F)(F)(F)(F)F.[Fe][C]1=CC=CC1.[H+]. The Bertz CT molecular complexity index is 511. The Morgan fingerprint density at radius 3 is 1.64 bits per heavy atom. The molecule has 0 radical (unpaired) electrons. The molecule has 1 aromatic carbocycles. The molecule has 0 heterocycles. The molecular formula is C14H18F6FeP. The van der Waals surface area contributed by atoms with Gasteiger partial charge in [-0.2, -0.15) is 0 Å². The standard InChI is InChI=1S/C9H12.C5H5.F6P.Fe/c1-8(2)9-6-4-3-5-7-9;1-2-4-5-3-1;1-7(2,3,4,5)6;/h3-8H,1-2H3;1-3H,4H2;;/q;;-1;/p+1. The first-order valence-electron chi connectivity index (χ1n) is 6.26. The Morgan fingerprint density at radius 1 is 1.00 bits per heavy atom. The molecule has 0 nitrogen and oxygen atoms in total. The minimum atomic E-state index is -10.7. The van der Waals surface area contributed by atoms with Crippen molar-refractivity contribution in [2.75, 3.05) is 0 Å². The van der Waals surface area contributed by atoms with Crippen LogP contribution in [0.25, 0.3) is 0 Å². The fourth-order valence-corrected chi connectivity index (χ4v) is 1.49. The van der Waals surface area contributed by atoms with Gasteiger partial charge in [0.1, 0.15) is 0 Å². The monoisotopic (exact) mass is 387 g/mol. The number of benzene rings is 1. The van der Waals surface area contributed by atoms with Crippen molar-refractivity contribution < 1.29 is 42.6 Å². The van der Waals surface area contributed by atoms with E-state index in [0.717, 1.165) is 6.42 Å². The summed E-state index contributed by atoms with van der Waals surface area (Å²) in [7, 11) is -10.7. The fourth-order valence-electron chi connectivity index (χ4n) is 1.25. The Morgan fingerprint density at radius 2 is 1.45 bits per heavy atom. The molecule has 0 saturated carbocycles. The average molecular weight is 387 g/mol. The van der Waals surface area contributed by atoms with Gasteiger partial charge in [-0.15, -0.1) is 0 Å². The first-order chi connectivity index (χ1) is 9.65. The number of hydrogen-bond donors (Lipinski definition) is 0. The third-order valence-electron chi connectivity index (χ3n) is 2.18. The van der Waals surface area contributed by atoms with Crippen LogP contribution in [0.1, 0.15) is 33.2 Å². The Labute approximate surface area is 135 Å². The van der Waals surface area contributed by atoms with Crippen molar-refractivity contribution in [3.05, 3.63) is 58.6 Å². The van der Waals surface area contributed by atoms with Gasteiger partial charge in [0.2, 0.25) is 0 Å². The van der Waals surface area contributed by atoms with E-state index in [4.69, 9.17) is 0 Å². The van der Waals surface area contributed by atoms with Crippen LogP contribution >= 0.6 is 7.81 Å². The predicted molar refractivity (Wildman–Crippen MR) is 77.1 cm³/mol. The minimum Gasteiger partial charge on any atom is 1.00 e. The molecule has 22 heavy (non-hydrogen) atoms. The van der Waals surface area contributed by atoms with Crippen LogP contribution in [0.4, 0.5) is 25.2 Å². The van der Waals surface area contributed by atoms with Gasteiger partial charge in [-0.05, 0) is 11.5 Å². The molecule has 1 aromatic rings. The summed E-state index contributed by atoms with van der Waals surface area (Å²) in [6, 6.07) is 10.5. The van der Waals surface area contributed by atoms with Crippen LogP contribution in [-0.4, -0.2) is 0 Å². The third-order valence-corrected chi connectivity index (χ3v) is 2.59. The van der Waals surface area contributed by atoms with E-state index in [1.165, 1.54) is 10.0 Å². The first-order valence-corrected chi connectivity index (χ1v) is 8.84. The quantitative estimate of drug-likeness (QED) is 0.263. The molecule has 8 heteroatoms. The second-order valence-corrected chi connectivity index (χ2v) is 7.38. The molecule has 0 spiro atoms. The number of halogens is 6. The molecule has 0 unspecified atom stereocenters. The van der Waals surface area contributed by atoms with E-state index in [1.807, 2.05) is 18.2 Å². The molecule has 0 aliphatic heterocycles. The van der Waals surface area contributed by atoms with E-state index >= 15 is 0 Å². The van der Waals surface area contributed by atoms with Gasteiger partial charge in [0, 0.05) is 0 Å². The summed E-state index contributed by atoms with van der Waals surface area (Å²) in [5.41, 5.74) is 1.41. The largest absolute Gasteiger partial charge is 1.00 e. The van der Waals surface area contributed by atoms with Gasteiger partial charge in [-0.25, -0.2) is 0 Å². The van der Waals surface area contributed by atoms with Crippen molar-refractivity contribution in [3.63, 3.8) is 0 Å². The molecule has 2 rings (SSSR count). The molecule has 129 valence electrons. The van der Waals surface area contributed by atoms with Crippen LogP contribution in [0, 0.1) is 0 Å². The summed E-state index contributed by atoms with van der Waals surface area (Å²) in [6.45, 7) is 4.41. The van der Waals surface area contributed by atoms with Crippen molar-refractivity contribution in [2.45, 2.75) is 26.2 Å². The maximum Gasteiger partial charge on any atom is 1.00 e. The van der Waals surface area contributed by atoms with Gasteiger partial charge < -0.3 is 0 Å². The van der Waals surface area contributed by atoms with Crippen LogP contribution in [0.2, 0.25) is 0 Å². The molecule has 0 fully saturated rings. The van der Waals surface area contributed by atoms with Crippen molar-refractivity contribution in [1.82, 2.24) is 0 Å². The molecule has 0 atom stereocenters. The summed E-state index contributed by atoms with van der Waals surface area (Å²) in [6.07, 6.45) is 7.21. The van der Waals surface area contributed by atoms with E-state index < -0.39 is 7.81 Å². The molecule has 0 aromatic heterocycles. The van der Waals surface area contributed by atoms with Crippen LogP contribution in [-0.2, 0) is 16.0 Å². The van der Waals surface area contributed by atoms with E-state index in [9.17, 15) is 25.2 Å². The van der Waals surface area contributed by atoms with Crippen molar-refractivity contribution in [1.29, 1.82) is 0 Å². The molecule has 0 saturated heterocycles. The van der Waals surface area contributed by atoms with Gasteiger partial charge >= 0.3 is 79.5 Å². The number of rotatable bonds is 1. The third kappa shape index (κ3) is 19.2. The fraction of sp³-hybridized carbons (Fsp3) is 0.286. The first kappa shape index (κ1) is 21.2. The van der Waals surface area contributed by atoms with Crippen molar-refractivity contribution >= 4 is 7.81 Å². The van der Waals surface area contributed by atoms with E-state index in [2.05, 4.69) is 60.2 Å². The molecular weight excluding hydrogens is 369 g/mol. The summed E-state index contributed by atoms with van der Waals surface area (Å²) in [4.78, 5) is 0. The topological polar surface area (TPSA) is 0 Å². The van der Waals surface area contributed by atoms with Crippen LogP contribution in [0.3, 0.4) is 0 Å². The van der Waals surface area contributed by atoms with Crippen molar-refractivity contribution in [3.8, 4) is 0 Å². The summed E-state index contributed by atoms with van der Waals surface area (Å²) in [5.74, 6) is 0.659. The summed E-state index contributed by atoms with van der Waals surface area (Å²) >= 11 is 3.74. The minimum absolute atomic E-state index is 0. The molecule has 0 bridgehead atoms. The Kier molecular flexibility index (Phi) is 6.95. The Hall–Kier alpha value is -0.771. The second kappa shape index (κ2) is 7.20. The maximum absolute atomic E-state index is 10.7. The smallest absolute Gasteiger partial charge is 1.00 e. The zero-order valence-corrected chi connectivity index (χ0v) is 14.0. The van der Waals surface area contributed by atoms with E-state index in [0.29, 0.717) is 5.92 Å². The average Bonchev–Trinajstić information content (AvgIpc) is 2.78. The predicted octanol–water partition coefficient (Wildman–Crippen LogP) is 7.68. The van der Waals surface area contributed by atoms with Crippen molar-refractivity contribution in [2.24, 2.45) is 0 Å². The van der Waals surface area contributed by atoms with E-state index in [-0.39, 0.29) is 1.43 Å². The van der Waals surface area contributed by atoms with Crippen LogP contribution in [0.15, 0.2) is 53.0 Å². The van der Waals surface area contributed by atoms with Crippen LogP contribution < -0.4 is 0 Å².